The molecule has 0 fully saturated rings. The molecule has 0 spiro atoms. The third-order valence-electron chi connectivity index (χ3n) is 1.48. The van der Waals surface area contributed by atoms with Gasteiger partial charge in [-0.25, -0.2) is 0 Å². The van der Waals surface area contributed by atoms with Crippen molar-refractivity contribution in [3.8, 4) is 0 Å². The minimum Gasteiger partial charge on any atom is -0.389 e. The van der Waals surface area contributed by atoms with Gasteiger partial charge in [-0.15, -0.1) is 6.58 Å². The zero-order valence-electron chi connectivity index (χ0n) is 7.29. The van der Waals surface area contributed by atoms with Crippen molar-refractivity contribution >= 4 is 0 Å². The predicted octanol–water partition coefficient (Wildman–Crippen LogP) is 2.67. The maximum atomic E-state index is 9.27. The molecule has 0 aliphatic heterocycles. The Balaban J connectivity index is 3.33. The fourth-order valence-corrected chi connectivity index (χ4v) is 0.805. The first kappa shape index (κ1) is 10.4. The summed E-state index contributed by atoms with van der Waals surface area (Å²) in [6.07, 6.45) is 9.34. The molecule has 1 unspecified atom stereocenters. The molecule has 0 aromatic rings. The van der Waals surface area contributed by atoms with E-state index in [1.165, 1.54) is 0 Å². The average Bonchev–Trinajstić information content (AvgIpc) is 2.01. The van der Waals surface area contributed by atoms with Gasteiger partial charge in [-0.3, -0.25) is 0 Å². The van der Waals surface area contributed by atoms with E-state index in [2.05, 4.69) is 13.5 Å². The molecule has 0 amide bonds. The molecule has 64 valence electrons. The SMILES string of the molecule is C=CCCC(O)/C=C/CCC. The van der Waals surface area contributed by atoms with Gasteiger partial charge in [0.05, 0.1) is 6.10 Å². The van der Waals surface area contributed by atoms with E-state index >= 15 is 0 Å². The molecule has 0 aliphatic rings. The molecule has 0 bridgehead atoms. The number of hydrogen-bond donors (Lipinski definition) is 1. The largest absolute Gasteiger partial charge is 0.389 e. The monoisotopic (exact) mass is 154 g/mol. The van der Waals surface area contributed by atoms with Crippen LogP contribution in [-0.4, -0.2) is 11.2 Å². The predicted molar refractivity (Wildman–Crippen MR) is 49.5 cm³/mol. The second kappa shape index (κ2) is 7.55. The fraction of sp³-hybridized carbons (Fsp3) is 0.600. The highest BCUT2D eigenvalue weighted by Gasteiger charge is 1.94. The highest BCUT2D eigenvalue weighted by Crippen LogP contribution is 2.00. The molecule has 0 aromatic carbocycles. The lowest BCUT2D eigenvalue weighted by molar-refractivity contribution is 0.213. The van der Waals surface area contributed by atoms with Crippen molar-refractivity contribution in [1.82, 2.24) is 0 Å². The van der Waals surface area contributed by atoms with Crippen LogP contribution < -0.4 is 0 Å². The van der Waals surface area contributed by atoms with Crippen molar-refractivity contribution in [2.45, 2.75) is 38.7 Å². The Morgan fingerprint density at radius 2 is 2.18 bits per heavy atom. The molecule has 1 N–H and O–H groups in total. The number of allylic oxidation sites excluding steroid dienone is 2. The van der Waals surface area contributed by atoms with Crippen molar-refractivity contribution in [2.24, 2.45) is 0 Å². The lowest BCUT2D eigenvalue weighted by Gasteiger charge is -2.01. The van der Waals surface area contributed by atoms with E-state index in [0.29, 0.717) is 0 Å². The first-order valence-corrected chi connectivity index (χ1v) is 4.26. The van der Waals surface area contributed by atoms with Crippen LogP contribution in [0.4, 0.5) is 0 Å². The fourth-order valence-electron chi connectivity index (χ4n) is 0.805. The quantitative estimate of drug-likeness (QED) is 0.583. The minimum atomic E-state index is -0.278. The maximum absolute atomic E-state index is 9.27. The van der Waals surface area contributed by atoms with E-state index in [4.69, 9.17) is 0 Å². The van der Waals surface area contributed by atoms with Gasteiger partial charge in [0.1, 0.15) is 0 Å². The molecule has 11 heavy (non-hydrogen) atoms. The number of rotatable bonds is 6. The molecular formula is C10H18O. The first-order valence-electron chi connectivity index (χ1n) is 4.26. The highest BCUT2D eigenvalue weighted by molar-refractivity contribution is 4.89. The Bertz CT molecular complexity index is 116. The van der Waals surface area contributed by atoms with E-state index < -0.39 is 0 Å². The first-order chi connectivity index (χ1) is 5.31. The van der Waals surface area contributed by atoms with Gasteiger partial charge in [-0.2, -0.15) is 0 Å². The van der Waals surface area contributed by atoms with Gasteiger partial charge >= 0.3 is 0 Å². The van der Waals surface area contributed by atoms with E-state index in [-0.39, 0.29) is 6.10 Å². The smallest absolute Gasteiger partial charge is 0.0723 e. The summed E-state index contributed by atoms with van der Waals surface area (Å²) in [5, 5.41) is 9.27. The molecule has 0 heterocycles. The number of hydrogen-bond acceptors (Lipinski definition) is 1. The Labute approximate surface area is 69.4 Å². The molecular weight excluding hydrogens is 136 g/mol. The molecule has 0 rings (SSSR count). The van der Waals surface area contributed by atoms with Crippen molar-refractivity contribution < 1.29 is 5.11 Å². The molecule has 1 heteroatoms. The van der Waals surface area contributed by atoms with Crippen LogP contribution in [0.1, 0.15) is 32.6 Å². The number of aliphatic hydroxyl groups is 1. The van der Waals surface area contributed by atoms with Gasteiger partial charge in [0.15, 0.2) is 0 Å². The van der Waals surface area contributed by atoms with Crippen molar-refractivity contribution in [2.75, 3.05) is 0 Å². The number of unbranched alkanes of at least 4 members (excludes halogenated alkanes) is 1. The molecule has 0 radical (unpaired) electrons. The summed E-state index contributed by atoms with van der Waals surface area (Å²) in [6, 6.07) is 0. The highest BCUT2D eigenvalue weighted by atomic mass is 16.3. The van der Waals surface area contributed by atoms with Crippen LogP contribution in [0.25, 0.3) is 0 Å². The van der Waals surface area contributed by atoms with Gasteiger partial charge in [0.2, 0.25) is 0 Å². The summed E-state index contributed by atoms with van der Waals surface area (Å²) in [5.41, 5.74) is 0. The van der Waals surface area contributed by atoms with Gasteiger partial charge in [-0.05, 0) is 19.3 Å². The normalized spacial score (nSPS) is 13.6. The Morgan fingerprint density at radius 1 is 1.45 bits per heavy atom. The standard InChI is InChI=1S/C10H18O/c1-3-5-7-9-10(11)8-6-4-2/h4,7,9-11H,2-3,5-6,8H2,1H3/b9-7+. The van der Waals surface area contributed by atoms with Crippen molar-refractivity contribution in [3.05, 3.63) is 24.8 Å². The molecule has 1 nitrogen and oxygen atoms in total. The van der Waals surface area contributed by atoms with Crippen LogP contribution in [0.3, 0.4) is 0 Å². The zero-order chi connectivity index (χ0) is 8.53. The number of aliphatic hydroxyl groups excluding tert-OH is 1. The van der Waals surface area contributed by atoms with Gasteiger partial charge < -0.3 is 5.11 Å². The molecule has 0 saturated heterocycles. The molecule has 0 aliphatic carbocycles. The Kier molecular flexibility index (Phi) is 7.16. The lowest BCUT2D eigenvalue weighted by atomic mass is 10.1. The van der Waals surface area contributed by atoms with Gasteiger partial charge in [0.25, 0.3) is 0 Å². The van der Waals surface area contributed by atoms with Crippen LogP contribution in [0.2, 0.25) is 0 Å². The third kappa shape index (κ3) is 7.34. The van der Waals surface area contributed by atoms with Gasteiger partial charge in [0, 0.05) is 0 Å². The molecule has 1 atom stereocenters. The van der Waals surface area contributed by atoms with Gasteiger partial charge in [-0.1, -0.05) is 31.6 Å². The molecule has 0 aromatic heterocycles. The summed E-state index contributed by atoms with van der Waals surface area (Å²) in [6.45, 7) is 5.72. The van der Waals surface area contributed by atoms with E-state index in [9.17, 15) is 5.11 Å². The summed E-state index contributed by atoms with van der Waals surface area (Å²) >= 11 is 0. The topological polar surface area (TPSA) is 20.2 Å². The van der Waals surface area contributed by atoms with Crippen LogP contribution in [0.5, 0.6) is 0 Å². The molecule has 0 saturated carbocycles. The van der Waals surface area contributed by atoms with Crippen LogP contribution in [-0.2, 0) is 0 Å². The summed E-state index contributed by atoms with van der Waals surface area (Å²) in [5.74, 6) is 0. The second-order valence-electron chi connectivity index (χ2n) is 2.65. The minimum absolute atomic E-state index is 0.278. The van der Waals surface area contributed by atoms with Crippen LogP contribution in [0.15, 0.2) is 24.8 Å². The van der Waals surface area contributed by atoms with Crippen LogP contribution >= 0.6 is 0 Å². The maximum Gasteiger partial charge on any atom is 0.0723 e. The zero-order valence-corrected chi connectivity index (χ0v) is 7.29. The van der Waals surface area contributed by atoms with Crippen LogP contribution in [0, 0.1) is 0 Å². The van der Waals surface area contributed by atoms with E-state index in [0.717, 1.165) is 25.7 Å². The Hall–Kier alpha value is -0.560. The van der Waals surface area contributed by atoms with E-state index in [1.807, 2.05) is 18.2 Å². The summed E-state index contributed by atoms with van der Waals surface area (Å²) in [7, 11) is 0. The summed E-state index contributed by atoms with van der Waals surface area (Å²) < 4.78 is 0. The summed E-state index contributed by atoms with van der Waals surface area (Å²) in [4.78, 5) is 0. The van der Waals surface area contributed by atoms with Crippen molar-refractivity contribution in [1.29, 1.82) is 0 Å². The lowest BCUT2D eigenvalue weighted by Crippen LogP contribution is -2.00. The van der Waals surface area contributed by atoms with E-state index in [1.54, 1.807) is 0 Å². The Morgan fingerprint density at radius 3 is 2.73 bits per heavy atom. The van der Waals surface area contributed by atoms with Crippen molar-refractivity contribution in [3.63, 3.8) is 0 Å². The third-order valence-corrected chi connectivity index (χ3v) is 1.48. The second-order valence-corrected chi connectivity index (χ2v) is 2.65. The average molecular weight is 154 g/mol.